The minimum atomic E-state index is -4.37. The van der Waals surface area contributed by atoms with Gasteiger partial charge in [-0.05, 0) is 32.1 Å². The fourth-order valence-corrected chi connectivity index (χ4v) is 7.16. The molecule has 0 spiro atoms. The molecule has 4 unspecified atom stereocenters. The van der Waals surface area contributed by atoms with Gasteiger partial charge in [-0.1, -0.05) is 180 Å². The SMILES string of the molecule is CCCC/C=C\CCCCC(O)CC(=O)NC(COP(=O)(O)OCCN)C(O)CCCCCCCCCCCCCCCCCCCCCCC. The number of nitrogens with two attached hydrogens (primary N) is 1. The van der Waals surface area contributed by atoms with Crippen molar-refractivity contribution < 1.29 is 33.5 Å². The lowest BCUT2D eigenvalue weighted by Crippen LogP contribution is -2.47. The third-order valence-corrected chi connectivity index (χ3v) is 10.7. The lowest BCUT2D eigenvalue weighted by Gasteiger charge is -2.25. The van der Waals surface area contributed by atoms with E-state index in [4.69, 9.17) is 14.8 Å². The highest BCUT2D eigenvalue weighted by molar-refractivity contribution is 7.47. The van der Waals surface area contributed by atoms with Crippen molar-refractivity contribution in [2.75, 3.05) is 19.8 Å². The standard InChI is InChI=1S/C41H83N2O7P/c1-3-5-7-9-11-13-14-15-16-17-18-19-20-21-22-23-24-25-27-29-31-33-40(45)39(37-50-51(47,48)49-35-34-42)43-41(46)36-38(44)32-30-28-26-12-10-8-6-4-2/h10,12,38-40,44-45H,3-9,11,13-37,42H2,1-2H3,(H,43,46)(H,47,48)/b12-10-. The van der Waals surface area contributed by atoms with Gasteiger partial charge in [-0.15, -0.1) is 0 Å². The number of nitrogens with one attached hydrogen (secondary N) is 1. The maximum atomic E-state index is 12.7. The molecular formula is C41H83N2O7P. The average molecular weight is 747 g/mol. The predicted molar refractivity (Wildman–Crippen MR) is 214 cm³/mol. The van der Waals surface area contributed by atoms with Crippen LogP contribution in [-0.4, -0.2) is 59.0 Å². The first-order valence-corrected chi connectivity index (χ1v) is 22.9. The first-order valence-electron chi connectivity index (χ1n) is 21.4. The molecule has 0 aliphatic rings. The van der Waals surface area contributed by atoms with Crippen LogP contribution in [0.4, 0.5) is 0 Å². The van der Waals surface area contributed by atoms with Gasteiger partial charge in [-0.3, -0.25) is 13.8 Å². The van der Waals surface area contributed by atoms with E-state index in [9.17, 15) is 24.5 Å². The molecule has 0 bridgehead atoms. The molecular weight excluding hydrogens is 663 g/mol. The van der Waals surface area contributed by atoms with Crippen LogP contribution in [0.2, 0.25) is 0 Å². The number of rotatable bonds is 40. The minimum absolute atomic E-state index is 0.0587. The summed E-state index contributed by atoms with van der Waals surface area (Å²) in [4.78, 5) is 22.7. The Balaban J connectivity index is 4.16. The molecule has 10 heteroatoms. The summed E-state index contributed by atoms with van der Waals surface area (Å²) in [6.45, 7) is 3.98. The number of carbonyl (C=O) groups excluding carboxylic acids is 1. The van der Waals surface area contributed by atoms with E-state index in [-0.39, 0.29) is 26.2 Å². The van der Waals surface area contributed by atoms with Crippen LogP contribution in [0, 0.1) is 0 Å². The van der Waals surface area contributed by atoms with Gasteiger partial charge < -0.3 is 26.2 Å². The molecule has 0 rings (SSSR count). The lowest BCUT2D eigenvalue weighted by atomic mass is 10.0. The molecule has 0 aromatic heterocycles. The van der Waals surface area contributed by atoms with Crippen molar-refractivity contribution in [2.45, 2.75) is 225 Å². The Hall–Kier alpha value is -0.800. The van der Waals surface area contributed by atoms with Crippen molar-refractivity contribution >= 4 is 13.7 Å². The fourth-order valence-electron chi connectivity index (χ4n) is 6.40. The molecule has 4 atom stereocenters. The average Bonchev–Trinajstić information content (AvgIpc) is 3.10. The van der Waals surface area contributed by atoms with Crippen LogP contribution in [0.25, 0.3) is 0 Å². The van der Waals surface area contributed by atoms with E-state index in [0.29, 0.717) is 12.8 Å². The normalized spacial score (nSPS) is 14.9. The highest BCUT2D eigenvalue weighted by Crippen LogP contribution is 2.43. The molecule has 0 aromatic rings. The maximum absolute atomic E-state index is 12.7. The maximum Gasteiger partial charge on any atom is 0.472 e. The minimum Gasteiger partial charge on any atom is -0.393 e. The highest BCUT2D eigenvalue weighted by Gasteiger charge is 2.28. The summed E-state index contributed by atoms with van der Waals surface area (Å²) in [5.74, 6) is -0.427. The van der Waals surface area contributed by atoms with Crippen molar-refractivity contribution in [1.29, 1.82) is 0 Å². The van der Waals surface area contributed by atoms with Crippen LogP contribution in [0.15, 0.2) is 12.2 Å². The summed E-state index contributed by atoms with van der Waals surface area (Å²) in [6.07, 6.45) is 37.1. The molecule has 0 heterocycles. The number of aliphatic hydroxyl groups is 2. The van der Waals surface area contributed by atoms with Crippen LogP contribution >= 0.6 is 7.82 Å². The van der Waals surface area contributed by atoms with Gasteiger partial charge in [0.1, 0.15) is 0 Å². The molecule has 0 saturated heterocycles. The Morgan fingerprint density at radius 3 is 1.55 bits per heavy atom. The molecule has 6 N–H and O–H groups in total. The Labute approximate surface area is 314 Å². The van der Waals surface area contributed by atoms with E-state index in [2.05, 4.69) is 31.3 Å². The Morgan fingerprint density at radius 2 is 1.08 bits per heavy atom. The molecule has 0 aliphatic carbocycles. The third kappa shape index (κ3) is 36.0. The first kappa shape index (κ1) is 50.2. The molecule has 0 fully saturated rings. The molecule has 0 aromatic carbocycles. The lowest BCUT2D eigenvalue weighted by molar-refractivity contribution is -0.125. The predicted octanol–water partition coefficient (Wildman–Crippen LogP) is 10.6. The molecule has 304 valence electrons. The van der Waals surface area contributed by atoms with E-state index < -0.39 is 32.0 Å². The van der Waals surface area contributed by atoms with Gasteiger partial charge in [-0.2, -0.15) is 0 Å². The van der Waals surface area contributed by atoms with Gasteiger partial charge in [-0.25, -0.2) is 4.57 Å². The second kappa shape index (κ2) is 37.5. The zero-order valence-electron chi connectivity index (χ0n) is 33.2. The number of phosphoric ester groups is 1. The summed E-state index contributed by atoms with van der Waals surface area (Å²) in [5.41, 5.74) is 5.36. The molecule has 0 radical (unpaired) electrons. The Bertz CT molecular complexity index is 832. The van der Waals surface area contributed by atoms with Gasteiger partial charge in [0.2, 0.25) is 5.91 Å². The number of phosphoric acid groups is 1. The number of aliphatic hydroxyl groups excluding tert-OH is 2. The zero-order chi connectivity index (χ0) is 37.7. The number of hydrogen-bond donors (Lipinski definition) is 5. The summed E-state index contributed by atoms with van der Waals surface area (Å²) in [6, 6.07) is -0.898. The molecule has 1 amide bonds. The summed E-state index contributed by atoms with van der Waals surface area (Å²) in [7, 11) is -4.37. The largest absolute Gasteiger partial charge is 0.472 e. The Morgan fingerprint density at radius 1 is 0.647 bits per heavy atom. The van der Waals surface area contributed by atoms with Crippen molar-refractivity contribution in [3.05, 3.63) is 12.2 Å². The smallest absolute Gasteiger partial charge is 0.393 e. The summed E-state index contributed by atoms with van der Waals surface area (Å²) < 4.78 is 22.1. The highest BCUT2D eigenvalue weighted by atomic mass is 31.2. The van der Waals surface area contributed by atoms with Crippen LogP contribution in [0.1, 0.15) is 206 Å². The monoisotopic (exact) mass is 747 g/mol. The number of allylic oxidation sites excluding steroid dienone is 2. The van der Waals surface area contributed by atoms with Gasteiger partial charge in [0, 0.05) is 6.54 Å². The van der Waals surface area contributed by atoms with Crippen LogP contribution in [0.5, 0.6) is 0 Å². The summed E-state index contributed by atoms with van der Waals surface area (Å²) >= 11 is 0. The zero-order valence-corrected chi connectivity index (χ0v) is 34.1. The van der Waals surface area contributed by atoms with Gasteiger partial charge in [0.25, 0.3) is 0 Å². The van der Waals surface area contributed by atoms with Crippen molar-refractivity contribution in [2.24, 2.45) is 5.73 Å². The number of unbranched alkanes of at least 4 members (excludes halogenated alkanes) is 24. The number of hydrogen-bond acceptors (Lipinski definition) is 7. The van der Waals surface area contributed by atoms with Crippen molar-refractivity contribution in [1.82, 2.24) is 5.32 Å². The van der Waals surface area contributed by atoms with E-state index in [0.717, 1.165) is 44.9 Å². The number of carbonyl (C=O) groups is 1. The first-order chi connectivity index (χ1) is 24.8. The quantitative estimate of drug-likeness (QED) is 0.0236. The van der Waals surface area contributed by atoms with E-state index in [1.54, 1.807) is 0 Å². The second-order valence-electron chi connectivity index (χ2n) is 14.7. The van der Waals surface area contributed by atoms with E-state index in [1.165, 1.54) is 128 Å². The topological polar surface area (TPSA) is 151 Å². The molecule has 9 nitrogen and oxygen atoms in total. The molecule has 0 saturated carbocycles. The van der Waals surface area contributed by atoms with Gasteiger partial charge in [0.05, 0.1) is 37.9 Å². The van der Waals surface area contributed by atoms with Crippen molar-refractivity contribution in [3.63, 3.8) is 0 Å². The van der Waals surface area contributed by atoms with Crippen LogP contribution < -0.4 is 11.1 Å². The van der Waals surface area contributed by atoms with E-state index in [1.807, 2.05) is 0 Å². The van der Waals surface area contributed by atoms with Crippen LogP contribution in [-0.2, 0) is 18.4 Å². The van der Waals surface area contributed by atoms with Crippen molar-refractivity contribution in [3.8, 4) is 0 Å². The molecule has 0 aliphatic heterocycles. The van der Waals surface area contributed by atoms with E-state index >= 15 is 0 Å². The Kier molecular flexibility index (Phi) is 36.9. The van der Waals surface area contributed by atoms with Gasteiger partial charge in [0.15, 0.2) is 0 Å². The van der Waals surface area contributed by atoms with Gasteiger partial charge >= 0.3 is 7.82 Å². The second-order valence-corrected chi connectivity index (χ2v) is 16.2. The van der Waals surface area contributed by atoms with Crippen LogP contribution in [0.3, 0.4) is 0 Å². The molecule has 51 heavy (non-hydrogen) atoms. The fraction of sp³-hybridized carbons (Fsp3) is 0.927. The summed E-state index contributed by atoms with van der Waals surface area (Å²) in [5, 5.41) is 24.0. The number of amides is 1. The third-order valence-electron chi connectivity index (χ3n) is 9.67.